The van der Waals surface area contributed by atoms with E-state index in [9.17, 15) is 19.2 Å². The topological polar surface area (TPSA) is 99.2 Å². The summed E-state index contributed by atoms with van der Waals surface area (Å²) in [6, 6.07) is 6.56. The average Bonchev–Trinajstić information content (AvgIpc) is 3.27. The Balaban J connectivity index is 1.49. The van der Waals surface area contributed by atoms with Gasteiger partial charge in [-0.15, -0.1) is 11.8 Å². The molecule has 1 fully saturated rings. The number of nitrogens with zero attached hydrogens (tertiary/aromatic N) is 1. The molecule has 0 aliphatic carbocycles. The number of esters is 3. The van der Waals surface area contributed by atoms with Crippen LogP contribution in [0.2, 0.25) is 0 Å². The first-order valence-electron chi connectivity index (χ1n) is 9.90. The predicted octanol–water partition coefficient (Wildman–Crippen LogP) is 2.71. The molecule has 1 amide bonds. The Morgan fingerprint density at radius 1 is 1.29 bits per heavy atom. The summed E-state index contributed by atoms with van der Waals surface area (Å²) in [6.45, 7) is 1.96. The number of allylic oxidation sites excluding steroid dienone is 1. The van der Waals surface area contributed by atoms with Gasteiger partial charge in [0.25, 0.3) is 6.29 Å². The van der Waals surface area contributed by atoms with E-state index in [1.807, 2.05) is 6.92 Å². The summed E-state index contributed by atoms with van der Waals surface area (Å²) in [4.78, 5) is 51.3. The maximum absolute atomic E-state index is 13.0. The highest BCUT2D eigenvalue weighted by atomic mass is 32.2. The minimum absolute atomic E-state index is 0.162. The summed E-state index contributed by atoms with van der Waals surface area (Å²) in [6.07, 6.45) is 2.71. The van der Waals surface area contributed by atoms with Gasteiger partial charge < -0.3 is 19.1 Å². The molecular weight excluding hydrogens is 422 g/mol. The van der Waals surface area contributed by atoms with Gasteiger partial charge in [-0.2, -0.15) is 0 Å². The lowest BCUT2D eigenvalue weighted by atomic mass is 9.84. The fourth-order valence-electron chi connectivity index (χ4n) is 4.04. The van der Waals surface area contributed by atoms with E-state index in [4.69, 9.17) is 9.47 Å². The van der Waals surface area contributed by atoms with Crippen LogP contribution >= 0.6 is 11.8 Å². The van der Waals surface area contributed by atoms with Crippen LogP contribution < -0.4 is 0 Å². The monoisotopic (exact) mass is 443 g/mol. The third kappa shape index (κ3) is 3.74. The zero-order chi connectivity index (χ0) is 22.1. The van der Waals surface area contributed by atoms with Crippen LogP contribution in [0.3, 0.4) is 0 Å². The van der Waals surface area contributed by atoms with Crippen molar-refractivity contribution in [1.82, 2.24) is 4.90 Å². The largest absolute Gasteiger partial charge is 0.466 e. The summed E-state index contributed by atoms with van der Waals surface area (Å²) in [5.41, 5.74) is 1.07. The van der Waals surface area contributed by atoms with Crippen molar-refractivity contribution in [2.45, 2.75) is 32.1 Å². The summed E-state index contributed by atoms with van der Waals surface area (Å²) in [7, 11) is 1.29. The molecule has 3 atom stereocenters. The van der Waals surface area contributed by atoms with E-state index in [1.165, 1.54) is 29.8 Å². The molecule has 1 saturated heterocycles. The van der Waals surface area contributed by atoms with Crippen LogP contribution in [-0.2, 0) is 28.6 Å². The van der Waals surface area contributed by atoms with Crippen LogP contribution in [0.1, 0.15) is 42.0 Å². The van der Waals surface area contributed by atoms with Gasteiger partial charge in [-0.25, -0.2) is 14.4 Å². The van der Waals surface area contributed by atoms with E-state index in [1.54, 1.807) is 30.3 Å². The number of methoxy groups -OCH3 is 1. The van der Waals surface area contributed by atoms with Crippen LogP contribution in [0.25, 0.3) is 0 Å². The van der Waals surface area contributed by atoms with Crippen LogP contribution in [0.4, 0.5) is 0 Å². The zero-order valence-corrected chi connectivity index (χ0v) is 17.8. The molecule has 0 aromatic heterocycles. The molecule has 4 rings (SSSR count). The Kier molecular flexibility index (Phi) is 5.86. The Hall–Kier alpha value is -3.07. The number of rotatable bonds is 7. The molecule has 0 spiro atoms. The van der Waals surface area contributed by atoms with Crippen LogP contribution in [-0.4, -0.2) is 47.6 Å². The maximum Gasteiger partial charge on any atom is 0.359 e. The molecule has 1 aromatic carbocycles. The lowest BCUT2D eigenvalue weighted by Crippen LogP contribution is -2.58. The van der Waals surface area contributed by atoms with E-state index in [0.29, 0.717) is 24.0 Å². The number of carbonyl (C=O) groups is 4. The zero-order valence-electron chi connectivity index (χ0n) is 17.0. The van der Waals surface area contributed by atoms with Gasteiger partial charge in [0, 0.05) is 23.0 Å². The fourth-order valence-corrected chi connectivity index (χ4v) is 4.99. The fraction of sp³-hybridized carbons (Fsp3) is 0.364. The first-order chi connectivity index (χ1) is 15.0. The van der Waals surface area contributed by atoms with Gasteiger partial charge in [0.2, 0.25) is 5.91 Å². The molecule has 8 nitrogen and oxygen atoms in total. The molecule has 3 unspecified atom stereocenters. The smallest absolute Gasteiger partial charge is 0.359 e. The van der Waals surface area contributed by atoms with Gasteiger partial charge in [0.1, 0.15) is 5.70 Å². The molecule has 0 N–H and O–H groups in total. The van der Waals surface area contributed by atoms with Gasteiger partial charge in [-0.1, -0.05) is 31.2 Å². The van der Waals surface area contributed by atoms with Crippen molar-refractivity contribution in [1.29, 1.82) is 0 Å². The highest BCUT2D eigenvalue weighted by molar-refractivity contribution is 8.03. The number of benzene rings is 1. The summed E-state index contributed by atoms with van der Waals surface area (Å²) < 4.78 is 15.3. The lowest BCUT2D eigenvalue weighted by Gasteiger charge is -2.43. The summed E-state index contributed by atoms with van der Waals surface area (Å²) >= 11 is 1.49. The van der Waals surface area contributed by atoms with E-state index < -0.39 is 24.2 Å². The second-order valence-electron chi connectivity index (χ2n) is 7.18. The number of cyclic esters (lactones) is 1. The van der Waals surface area contributed by atoms with Crippen molar-refractivity contribution in [2.24, 2.45) is 5.92 Å². The Labute approximate surface area is 183 Å². The molecule has 0 saturated carbocycles. The number of β-lactam (4-membered cyclic amide) rings is 1. The van der Waals surface area contributed by atoms with Crippen molar-refractivity contribution in [3.63, 3.8) is 0 Å². The van der Waals surface area contributed by atoms with Gasteiger partial charge in [0.15, 0.2) is 0 Å². The number of amides is 1. The van der Waals surface area contributed by atoms with Crippen molar-refractivity contribution >= 4 is 35.6 Å². The molecule has 3 aliphatic rings. The van der Waals surface area contributed by atoms with Gasteiger partial charge in [-0.05, 0) is 18.2 Å². The Morgan fingerprint density at radius 3 is 2.81 bits per heavy atom. The normalized spacial score (nSPS) is 24.1. The highest BCUT2D eigenvalue weighted by Crippen LogP contribution is 2.48. The number of hydrogen-bond acceptors (Lipinski definition) is 8. The van der Waals surface area contributed by atoms with Crippen molar-refractivity contribution in [2.75, 3.05) is 12.9 Å². The molecule has 3 heterocycles. The van der Waals surface area contributed by atoms with E-state index in [0.717, 1.165) is 10.7 Å². The first-order valence-corrected chi connectivity index (χ1v) is 10.9. The number of ether oxygens (including phenoxy) is 3. The van der Waals surface area contributed by atoms with Gasteiger partial charge >= 0.3 is 17.9 Å². The molecule has 31 heavy (non-hydrogen) atoms. The number of hydrogen-bond donors (Lipinski definition) is 0. The maximum atomic E-state index is 13.0. The Morgan fingerprint density at radius 2 is 2.06 bits per heavy atom. The minimum Gasteiger partial charge on any atom is -0.466 e. The molecule has 9 heteroatoms. The highest BCUT2D eigenvalue weighted by Gasteiger charge is 2.55. The summed E-state index contributed by atoms with van der Waals surface area (Å²) in [5, 5.41) is 0. The molecular formula is C22H21NO7S. The van der Waals surface area contributed by atoms with Crippen molar-refractivity contribution < 1.29 is 33.4 Å². The molecule has 0 bridgehead atoms. The van der Waals surface area contributed by atoms with Gasteiger partial charge in [-0.3, -0.25) is 4.79 Å². The number of carbonyl (C=O) groups excluding carboxylic acids is 4. The van der Waals surface area contributed by atoms with E-state index >= 15 is 0 Å². The third-order valence-corrected chi connectivity index (χ3v) is 6.47. The number of thioether (sulfide) groups is 1. The van der Waals surface area contributed by atoms with E-state index in [2.05, 4.69) is 4.74 Å². The quantitative estimate of drug-likeness (QED) is 0.360. The predicted molar refractivity (Wildman–Crippen MR) is 110 cm³/mol. The van der Waals surface area contributed by atoms with Crippen LogP contribution in [0.5, 0.6) is 0 Å². The molecule has 1 aromatic rings. The van der Waals surface area contributed by atoms with Crippen molar-refractivity contribution in [3.8, 4) is 0 Å². The summed E-state index contributed by atoms with van der Waals surface area (Å²) in [5.74, 6) is -1.50. The minimum atomic E-state index is -1.13. The second-order valence-corrected chi connectivity index (χ2v) is 8.54. The SMILES string of the molecule is CCSC1=C(C(=O)OC2OC(=O)c3ccccc32)N2C(=O)C(C/C=C/C(=O)OC)C2C1. The van der Waals surface area contributed by atoms with Crippen LogP contribution in [0, 0.1) is 5.92 Å². The standard InChI is InChI=1S/C22H21NO7S/c1-3-31-16-11-15-14(9-6-10-17(24)28-2)19(25)23(15)18(16)21(27)30-22-13-8-5-4-7-12(13)20(26)29-22/h4-8,10,14-15,22H,3,9,11H2,1-2H3/b10-6+. The van der Waals surface area contributed by atoms with Crippen molar-refractivity contribution in [3.05, 3.63) is 58.1 Å². The molecule has 0 radical (unpaired) electrons. The molecule has 3 aliphatic heterocycles. The number of fused-ring (bicyclic) bond motifs is 2. The average molecular weight is 443 g/mol. The third-order valence-electron chi connectivity index (χ3n) is 5.47. The molecule has 162 valence electrons. The second kappa shape index (κ2) is 8.58. The van der Waals surface area contributed by atoms with Crippen LogP contribution in [0.15, 0.2) is 47.0 Å². The Bertz CT molecular complexity index is 1010. The van der Waals surface area contributed by atoms with E-state index in [-0.39, 0.29) is 23.6 Å². The lowest BCUT2D eigenvalue weighted by molar-refractivity contribution is -0.170. The van der Waals surface area contributed by atoms with Gasteiger partial charge in [0.05, 0.1) is 24.6 Å². The first kappa shape index (κ1) is 21.2.